The highest BCUT2D eigenvalue weighted by atomic mass is 35.5. The molecule has 0 spiro atoms. The van der Waals surface area contributed by atoms with Gasteiger partial charge in [-0.15, -0.1) is 0 Å². The summed E-state index contributed by atoms with van der Waals surface area (Å²) < 4.78 is 2.20. The van der Waals surface area contributed by atoms with Crippen LogP contribution in [0, 0.1) is 13.8 Å². The Labute approximate surface area is 112 Å². The third kappa shape index (κ3) is 1.81. The van der Waals surface area contributed by atoms with Gasteiger partial charge in [-0.3, -0.25) is 0 Å². The van der Waals surface area contributed by atoms with Crippen LogP contribution in [0.2, 0.25) is 5.02 Å². The third-order valence-electron chi connectivity index (χ3n) is 3.26. The molecule has 3 aromatic rings. The van der Waals surface area contributed by atoms with E-state index < -0.39 is 0 Å². The van der Waals surface area contributed by atoms with E-state index in [1.165, 1.54) is 22.0 Å². The zero-order valence-electron chi connectivity index (χ0n) is 10.4. The maximum Gasteiger partial charge on any atom is 0.0533 e. The van der Waals surface area contributed by atoms with Gasteiger partial charge in [-0.05, 0) is 61.4 Å². The number of aryl methyl sites for hydroxylation is 2. The van der Waals surface area contributed by atoms with Crippen molar-refractivity contribution >= 4 is 22.5 Å². The number of rotatable bonds is 1. The van der Waals surface area contributed by atoms with Crippen LogP contribution < -0.4 is 0 Å². The van der Waals surface area contributed by atoms with Crippen molar-refractivity contribution in [2.45, 2.75) is 13.8 Å². The monoisotopic (exact) mass is 255 g/mol. The van der Waals surface area contributed by atoms with E-state index in [0.29, 0.717) is 0 Å². The van der Waals surface area contributed by atoms with Crippen LogP contribution in [0.25, 0.3) is 16.6 Å². The maximum absolute atomic E-state index is 5.93. The molecule has 0 fully saturated rings. The zero-order valence-corrected chi connectivity index (χ0v) is 11.2. The van der Waals surface area contributed by atoms with Crippen molar-refractivity contribution in [2.75, 3.05) is 0 Å². The standard InChI is InChI=1S/C16H14ClN/c1-11-9-12(2)15-7-8-18(16(15)10-11)14-5-3-13(17)4-6-14/h3-10H,1-2H3. The van der Waals surface area contributed by atoms with Crippen molar-refractivity contribution in [3.8, 4) is 5.69 Å². The molecule has 1 heterocycles. The van der Waals surface area contributed by atoms with E-state index in [2.05, 4.69) is 42.8 Å². The van der Waals surface area contributed by atoms with Crippen molar-refractivity contribution in [3.05, 3.63) is 64.8 Å². The van der Waals surface area contributed by atoms with Crippen LogP contribution in [0.1, 0.15) is 11.1 Å². The molecule has 0 atom stereocenters. The normalized spacial score (nSPS) is 11.1. The van der Waals surface area contributed by atoms with E-state index in [-0.39, 0.29) is 0 Å². The number of hydrogen-bond donors (Lipinski definition) is 0. The first-order valence-corrected chi connectivity index (χ1v) is 6.37. The minimum atomic E-state index is 0.766. The van der Waals surface area contributed by atoms with Crippen LogP contribution in [-0.2, 0) is 0 Å². The van der Waals surface area contributed by atoms with Crippen molar-refractivity contribution in [1.82, 2.24) is 4.57 Å². The van der Waals surface area contributed by atoms with Gasteiger partial charge in [0.25, 0.3) is 0 Å². The van der Waals surface area contributed by atoms with E-state index in [4.69, 9.17) is 11.6 Å². The van der Waals surface area contributed by atoms with Gasteiger partial charge in [-0.2, -0.15) is 0 Å². The Morgan fingerprint density at radius 3 is 2.39 bits per heavy atom. The van der Waals surface area contributed by atoms with Gasteiger partial charge in [0.05, 0.1) is 5.52 Å². The lowest BCUT2D eigenvalue weighted by Gasteiger charge is -2.07. The largest absolute Gasteiger partial charge is 0.317 e. The molecular weight excluding hydrogens is 242 g/mol. The van der Waals surface area contributed by atoms with Gasteiger partial charge in [0.2, 0.25) is 0 Å². The minimum Gasteiger partial charge on any atom is -0.317 e. The van der Waals surface area contributed by atoms with Gasteiger partial charge in [-0.25, -0.2) is 0 Å². The Morgan fingerprint density at radius 1 is 0.944 bits per heavy atom. The molecule has 0 bridgehead atoms. The fraction of sp³-hybridized carbons (Fsp3) is 0.125. The smallest absolute Gasteiger partial charge is 0.0533 e. The SMILES string of the molecule is Cc1cc(C)c2ccn(-c3ccc(Cl)cc3)c2c1. The Morgan fingerprint density at radius 2 is 1.67 bits per heavy atom. The molecular formula is C16H14ClN. The number of hydrogen-bond acceptors (Lipinski definition) is 0. The van der Waals surface area contributed by atoms with Crippen LogP contribution in [0.15, 0.2) is 48.7 Å². The lowest BCUT2D eigenvalue weighted by molar-refractivity contribution is 1.13. The number of nitrogens with zero attached hydrogens (tertiary/aromatic N) is 1. The summed E-state index contributed by atoms with van der Waals surface area (Å²) in [7, 11) is 0. The lowest BCUT2D eigenvalue weighted by Crippen LogP contribution is -1.92. The average Bonchev–Trinajstić information content (AvgIpc) is 2.74. The topological polar surface area (TPSA) is 4.93 Å². The van der Waals surface area contributed by atoms with Gasteiger partial charge >= 0.3 is 0 Å². The summed E-state index contributed by atoms with van der Waals surface area (Å²) in [5.41, 5.74) is 4.99. The first-order chi connectivity index (χ1) is 8.65. The molecule has 0 amide bonds. The van der Waals surface area contributed by atoms with E-state index >= 15 is 0 Å². The van der Waals surface area contributed by atoms with Gasteiger partial charge in [0.15, 0.2) is 0 Å². The summed E-state index contributed by atoms with van der Waals surface area (Å²) in [5, 5.41) is 2.07. The fourth-order valence-electron chi connectivity index (χ4n) is 2.43. The van der Waals surface area contributed by atoms with Gasteiger partial charge in [-0.1, -0.05) is 17.7 Å². The highest BCUT2D eigenvalue weighted by Gasteiger charge is 2.05. The number of halogens is 1. The summed E-state index contributed by atoms with van der Waals surface area (Å²) in [5.74, 6) is 0. The molecule has 90 valence electrons. The summed E-state index contributed by atoms with van der Waals surface area (Å²) in [6.07, 6.45) is 2.11. The number of aromatic nitrogens is 1. The molecule has 1 nitrogen and oxygen atoms in total. The number of benzene rings is 2. The first-order valence-electron chi connectivity index (χ1n) is 5.99. The van der Waals surface area contributed by atoms with Crippen molar-refractivity contribution in [2.24, 2.45) is 0 Å². The zero-order chi connectivity index (χ0) is 12.7. The molecule has 0 aliphatic rings. The van der Waals surface area contributed by atoms with E-state index in [0.717, 1.165) is 10.7 Å². The fourth-order valence-corrected chi connectivity index (χ4v) is 2.55. The summed E-state index contributed by atoms with van der Waals surface area (Å²) >= 11 is 5.93. The molecule has 0 saturated heterocycles. The molecule has 18 heavy (non-hydrogen) atoms. The quantitative estimate of drug-likeness (QED) is 0.583. The Kier molecular flexibility index (Phi) is 2.64. The lowest BCUT2D eigenvalue weighted by atomic mass is 10.1. The van der Waals surface area contributed by atoms with E-state index in [9.17, 15) is 0 Å². The van der Waals surface area contributed by atoms with Crippen molar-refractivity contribution < 1.29 is 0 Å². The van der Waals surface area contributed by atoms with Gasteiger partial charge in [0, 0.05) is 22.3 Å². The second-order valence-electron chi connectivity index (χ2n) is 4.68. The van der Waals surface area contributed by atoms with Gasteiger partial charge < -0.3 is 4.57 Å². The average molecular weight is 256 g/mol. The summed E-state index contributed by atoms with van der Waals surface area (Å²) in [6, 6.07) is 14.5. The van der Waals surface area contributed by atoms with Crippen LogP contribution in [-0.4, -0.2) is 4.57 Å². The predicted octanol–water partition coefficient (Wildman–Crippen LogP) is 4.90. The molecule has 0 radical (unpaired) electrons. The van der Waals surface area contributed by atoms with E-state index in [1.54, 1.807) is 0 Å². The molecule has 2 aromatic carbocycles. The molecule has 2 heteroatoms. The molecule has 1 aromatic heterocycles. The second kappa shape index (κ2) is 4.18. The Hall–Kier alpha value is -1.73. The van der Waals surface area contributed by atoms with Crippen LogP contribution >= 0.6 is 11.6 Å². The summed E-state index contributed by atoms with van der Waals surface area (Å²) in [4.78, 5) is 0. The highest BCUT2D eigenvalue weighted by Crippen LogP contribution is 2.25. The van der Waals surface area contributed by atoms with Crippen LogP contribution in [0.4, 0.5) is 0 Å². The minimum absolute atomic E-state index is 0.766. The maximum atomic E-state index is 5.93. The first kappa shape index (κ1) is 11.4. The molecule has 0 aliphatic carbocycles. The van der Waals surface area contributed by atoms with Gasteiger partial charge in [0.1, 0.15) is 0 Å². The number of fused-ring (bicyclic) bond motifs is 1. The molecule has 0 saturated carbocycles. The Bertz CT molecular complexity index is 708. The van der Waals surface area contributed by atoms with Crippen molar-refractivity contribution in [1.29, 1.82) is 0 Å². The van der Waals surface area contributed by atoms with E-state index in [1.807, 2.05) is 24.3 Å². The van der Waals surface area contributed by atoms with Crippen LogP contribution in [0.5, 0.6) is 0 Å². The molecule has 0 unspecified atom stereocenters. The van der Waals surface area contributed by atoms with Crippen LogP contribution in [0.3, 0.4) is 0 Å². The second-order valence-corrected chi connectivity index (χ2v) is 5.11. The highest BCUT2D eigenvalue weighted by molar-refractivity contribution is 6.30. The molecule has 0 N–H and O–H groups in total. The Balaban J connectivity index is 2.27. The summed E-state index contributed by atoms with van der Waals surface area (Å²) in [6.45, 7) is 4.28. The van der Waals surface area contributed by atoms with Crippen molar-refractivity contribution in [3.63, 3.8) is 0 Å². The molecule has 3 rings (SSSR count). The molecule has 0 aliphatic heterocycles. The predicted molar refractivity (Wildman–Crippen MR) is 77.8 cm³/mol. The third-order valence-corrected chi connectivity index (χ3v) is 3.52.